The Balaban J connectivity index is 1.42. The number of nitrogens with one attached hydrogen (secondary N) is 1. The van der Waals surface area contributed by atoms with E-state index in [-0.39, 0.29) is 89.5 Å². The van der Waals surface area contributed by atoms with Gasteiger partial charge in [0.25, 0.3) is 0 Å². The molecule has 1 fully saturated rings. The van der Waals surface area contributed by atoms with Gasteiger partial charge in [0.05, 0.1) is 20.9 Å². The van der Waals surface area contributed by atoms with Crippen LogP contribution in [0.4, 0.5) is 5.69 Å². The van der Waals surface area contributed by atoms with E-state index in [1.54, 1.807) is 71.7 Å². The first-order valence-electron chi connectivity index (χ1n) is 26.6. The minimum Gasteiger partial charge on any atom is -0.314 e. The molecule has 0 spiro atoms. The highest BCUT2D eigenvalue weighted by atomic mass is 32.4. The smallest absolute Gasteiger partial charge is 0.244 e. The second kappa shape index (κ2) is 25.7. The summed E-state index contributed by atoms with van der Waals surface area (Å²) < 4.78 is 98.9. The Morgan fingerprint density at radius 2 is 0.882 bits per heavy atom. The Hall–Kier alpha value is -4.29. The predicted molar refractivity (Wildman–Crippen MR) is 319 cm³/mol. The van der Waals surface area contributed by atoms with Crippen LogP contribution in [0.1, 0.15) is 158 Å². The molecule has 0 radical (unpaired) electrons. The van der Waals surface area contributed by atoms with Crippen molar-refractivity contribution in [3.05, 3.63) is 154 Å². The molecule has 6 rings (SSSR count). The molecule has 414 valence electrons. The summed E-state index contributed by atoms with van der Waals surface area (Å²) in [7, 11) is -10.7. The van der Waals surface area contributed by atoms with Gasteiger partial charge in [0.2, 0.25) is 36.6 Å². The highest BCUT2D eigenvalue weighted by Gasteiger charge is 2.37. The largest absolute Gasteiger partial charge is 0.314 e. The zero-order valence-corrected chi connectivity index (χ0v) is 51.0. The van der Waals surface area contributed by atoms with E-state index in [2.05, 4.69) is 42.6 Å². The van der Waals surface area contributed by atoms with E-state index >= 15 is 16.8 Å². The molecule has 2 heterocycles. The van der Waals surface area contributed by atoms with Gasteiger partial charge in [-0.15, -0.1) is 0 Å². The monoisotopic (exact) mass is 1130 g/mol. The second-order valence-corrected chi connectivity index (χ2v) is 31.3. The first-order chi connectivity index (χ1) is 35.7. The van der Waals surface area contributed by atoms with Gasteiger partial charge in [-0.1, -0.05) is 174 Å². The molecule has 1 atom stereocenters. The van der Waals surface area contributed by atoms with Crippen molar-refractivity contribution in [2.24, 2.45) is 5.10 Å². The molecule has 4 aromatic rings. The molecule has 4 aromatic carbocycles. The van der Waals surface area contributed by atoms with Crippen molar-refractivity contribution in [3.63, 3.8) is 0 Å². The number of hydrogen-bond acceptors (Lipinski definition) is 8. The van der Waals surface area contributed by atoms with Crippen LogP contribution in [0.25, 0.3) is 0 Å². The summed E-state index contributed by atoms with van der Waals surface area (Å²) >= 11 is 6.24. The average Bonchev–Trinajstić information content (AvgIpc) is 3.77. The van der Waals surface area contributed by atoms with Gasteiger partial charge in [0, 0.05) is 65.1 Å². The van der Waals surface area contributed by atoms with Crippen molar-refractivity contribution in [3.8, 4) is 0 Å². The molecular weight excluding hydrogens is 1050 g/mol. The third-order valence-corrected chi connectivity index (χ3v) is 24.1. The summed E-state index contributed by atoms with van der Waals surface area (Å²) in [6.07, 6.45) is 12.0. The molecular formula is C58H82N7O6PS4. The maximum Gasteiger partial charge on any atom is 0.244 e. The summed E-state index contributed by atoms with van der Waals surface area (Å²) in [6, 6.07) is 24.5. The minimum absolute atomic E-state index is 0.0566. The van der Waals surface area contributed by atoms with E-state index in [0.717, 1.165) is 44.6 Å². The van der Waals surface area contributed by atoms with Gasteiger partial charge in [-0.25, -0.2) is 30.0 Å². The number of nitrogens with zero attached hydrogens (tertiary/aromatic N) is 6. The number of sulfonamides is 3. The molecule has 18 heteroatoms. The highest BCUT2D eigenvalue weighted by Crippen LogP contribution is 2.54. The Morgan fingerprint density at radius 3 is 1.22 bits per heavy atom. The highest BCUT2D eigenvalue weighted by molar-refractivity contribution is 8.13. The van der Waals surface area contributed by atoms with Gasteiger partial charge < -0.3 is 4.67 Å². The van der Waals surface area contributed by atoms with Crippen LogP contribution >= 0.6 is 6.49 Å². The number of benzene rings is 4. The van der Waals surface area contributed by atoms with Crippen molar-refractivity contribution >= 4 is 60.3 Å². The van der Waals surface area contributed by atoms with Gasteiger partial charge in [-0.05, 0) is 111 Å². The molecule has 0 saturated carbocycles. The van der Waals surface area contributed by atoms with Gasteiger partial charge in [-0.3, -0.25) is 5.09 Å². The maximum atomic E-state index is 15.3. The lowest BCUT2D eigenvalue weighted by atomic mass is 9.89. The normalized spacial score (nSPS) is 19.9. The van der Waals surface area contributed by atoms with Crippen LogP contribution in [0, 0.1) is 0 Å². The fraction of sp³-hybridized carbons (Fsp3) is 0.466. The minimum atomic E-state index is -4.19. The summed E-state index contributed by atoms with van der Waals surface area (Å²) in [5.74, 6) is -0.0765. The molecule has 0 amide bonds. The molecule has 1 N–H and O–H groups in total. The standard InChI is InChI=1S/C58H82N7O6PS4/c1-42(2)49-37-53(44(5)6)57(54(38-49)45(7)8)75(68,69)63-32-19-17-30-62(74(66,67)52-27-25-51(26-28-52)65-36-29-60-72(65,73)61(13)59-41-48-23-15-14-16-24-48)31-18-20-33-64(35-22-21-34-63)76(70,71)58-55(46(9)10)39-50(43(3)4)40-56(58)47(11)12/h14-28,37-47H,29-36H2,1-13H3,(H,60,73)/b19-17-,20-18+,22-21+,59-41-. The van der Waals surface area contributed by atoms with Crippen molar-refractivity contribution in [1.82, 2.24) is 22.8 Å². The molecule has 0 aromatic heterocycles. The molecule has 76 heavy (non-hydrogen) atoms. The number of anilines is 1. The van der Waals surface area contributed by atoms with Crippen LogP contribution in [0.2, 0.25) is 0 Å². The molecule has 1 unspecified atom stereocenters. The van der Waals surface area contributed by atoms with E-state index in [1.807, 2.05) is 117 Å². The SMILES string of the molecule is CC(C)c1cc(C(C)C)c(S(=O)(=O)N2C/C=C\CN(S(=O)(=O)c3ccc(N4CCNP4(=S)N(C)/N=C\c4ccccc4)cc3)C/C=C/CN(S(=O)(=O)c3c(C(C)C)cc(C(C)C)cc3C(C)C)C/C=C/C2)c(C(C)C)c1. The summed E-state index contributed by atoms with van der Waals surface area (Å²) in [5.41, 5.74) is 6.76. The lowest BCUT2D eigenvalue weighted by Gasteiger charge is -2.34. The summed E-state index contributed by atoms with van der Waals surface area (Å²) in [5, 5.41) is 8.17. The van der Waals surface area contributed by atoms with E-state index in [4.69, 9.17) is 11.8 Å². The Labute approximate surface area is 462 Å². The first-order valence-corrected chi connectivity index (χ1v) is 33.6. The van der Waals surface area contributed by atoms with E-state index in [9.17, 15) is 8.42 Å². The second-order valence-electron chi connectivity index (χ2n) is 21.6. The average molecular weight is 1130 g/mol. The maximum absolute atomic E-state index is 15.3. The number of hydrogen-bond donors (Lipinski definition) is 1. The van der Waals surface area contributed by atoms with E-state index in [0.29, 0.717) is 13.1 Å². The Morgan fingerprint density at radius 1 is 0.526 bits per heavy atom. The van der Waals surface area contributed by atoms with Gasteiger partial charge in [0.15, 0.2) is 0 Å². The third kappa shape index (κ3) is 13.7. The van der Waals surface area contributed by atoms with Crippen LogP contribution < -0.4 is 9.76 Å². The van der Waals surface area contributed by atoms with Crippen LogP contribution in [0.15, 0.2) is 135 Å². The van der Waals surface area contributed by atoms with Gasteiger partial charge in [0.1, 0.15) is 0 Å². The lowest BCUT2D eigenvalue weighted by molar-refractivity contribution is 0.462. The Kier molecular flexibility index (Phi) is 20.6. The lowest BCUT2D eigenvalue weighted by Crippen LogP contribution is -2.34. The third-order valence-electron chi connectivity index (χ3n) is 14.0. The zero-order chi connectivity index (χ0) is 55.9. The quantitative estimate of drug-likeness (QED) is 0.0498. The van der Waals surface area contributed by atoms with Crippen molar-refractivity contribution in [2.45, 2.75) is 133 Å². The molecule has 2 aliphatic rings. The molecule has 13 nitrogen and oxygen atoms in total. The fourth-order valence-electron chi connectivity index (χ4n) is 9.36. The molecule has 0 aliphatic carbocycles. The number of rotatable bonds is 16. The van der Waals surface area contributed by atoms with Crippen LogP contribution in [0.3, 0.4) is 0 Å². The van der Waals surface area contributed by atoms with Crippen LogP contribution in [-0.4, -0.2) is 109 Å². The first kappa shape index (κ1) is 60.9. The van der Waals surface area contributed by atoms with Crippen molar-refractivity contribution in [2.75, 3.05) is 64.1 Å². The predicted octanol–water partition coefficient (Wildman–Crippen LogP) is 12.1. The fourth-order valence-corrected chi connectivity index (χ4v) is 17.7. The van der Waals surface area contributed by atoms with E-state index < -0.39 is 36.6 Å². The van der Waals surface area contributed by atoms with Crippen molar-refractivity contribution in [1.29, 1.82) is 0 Å². The van der Waals surface area contributed by atoms with Crippen LogP contribution in [-0.2, 0) is 41.9 Å². The zero-order valence-electron chi connectivity index (χ0n) is 46.9. The summed E-state index contributed by atoms with van der Waals surface area (Å²) in [4.78, 5) is 0.618. The van der Waals surface area contributed by atoms with Crippen LogP contribution in [0.5, 0.6) is 0 Å². The number of hydrazone groups is 1. The van der Waals surface area contributed by atoms with Crippen molar-refractivity contribution < 1.29 is 25.3 Å². The molecule has 0 bridgehead atoms. The topological polar surface area (TPSA) is 143 Å². The molecule has 2 aliphatic heterocycles. The van der Waals surface area contributed by atoms with E-state index in [1.165, 1.54) is 12.9 Å². The van der Waals surface area contributed by atoms with Gasteiger partial charge in [-0.2, -0.15) is 18.0 Å². The van der Waals surface area contributed by atoms with Gasteiger partial charge >= 0.3 is 0 Å². The molecule has 1 saturated heterocycles. The Bertz CT molecular complexity index is 2980. The summed E-state index contributed by atoms with van der Waals surface area (Å²) in [6.45, 7) is 22.7.